The van der Waals surface area contributed by atoms with Crippen LogP contribution in [-0.2, 0) is 35.0 Å². The lowest BCUT2D eigenvalue weighted by atomic mass is 9.74. The topological polar surface area (TPSA) is 140 Å². The van der Waals surface area contributed by atoms with Gasteiger partial charge in [-0.2, -0.15) is 13.2 Å². The molecule has 2 aromatic rings. The van der Waals surface area contributed by atoms with Gasteiger partial charge in [0.1, 0.15) is 12.4 Å². The monoisotopic (exact) mass is 724 g/mol. The van der Waals surface area contributed by atoms with E-state index in [1.54, 1.807) is 14.0 Å². The Balaban J connectivity index is 1.45. The largest absolute Gasteiger partial charge is 0.493 e. The molecule has 5 heterocycles. The molecule has 5 aliphatic heterocycles. The van der Waals surface area contributed by atoms with Crippen LogP contribution in [0.4, 0.5) is 13.2 Å². The standard InChI is InChI=1S/C33H35F3N2O11S/c1-13-6-16-7-17-8-38-18-9-44-31(40)19(49-32(41)33(34,35)36)10-50-30(24(38)23(37-17)20(16)28(25(13)43-5)45-11-42-4)22-21(18)29-27(46-12-47-29)14(2)26(22)48-15(3)39/h6,17-19,23-24,30,37H,7-12H2,1-5H3/t17-,18-,19-,23+,24?,30+/m0/s1. The Hall–Kier alpha value is -3.93. The number of alkyl halides is 3. The number of ether oxygens (including phenoxy) is 8. The molecule has 2 fully saturated rings. The molecule has 1 N–H and O–H groups in total. The van der Waals surface area contributed by atoms with Crippen LogP contribution in [0, 0.1) is 13.8 Å². The molecule has 6 atom stereocenters. The Labute approximate surface area is 288 Å². The number of esters is 3. The Kier molecular flexibility index (Phi) is 8.97. The van der Waals surface area contributed by atoms with Crippen molar-refractivity contribution in [3.63, 3.8) is 0 Å². The summed E-state index contributed by atoms with van der Waals surface area (Å²) in [6, 6.07) is 0.279. The molecular weight excluding hydrogens is 689 g/mol. The maximum Gasteiger partial charge on any atom is 0.490 e. The van der Waals surface area contributed by atoms with Crippen LogP contribution in [0.25, 0.3) is 0 Å². The molecule has 0 radical (unpaired) electrons. The number of carbonyl (C=O) groups excluding carboxylic acids is 3. The van der Waals surface area contributed by atoms with Crippen molar-refractivity contribution in [1.29, 1.82) is 0 Å². The van der Waals surface area contributed by atoms with Crippen molar-refractivity contribution in [2.45, 2.75) is 68.9 Å². The molecule has 0 amide bonds. The smallest absolute Gasteiger partial charge is 0.490 e. The summed E-state index contributed by atoms with van der Waals surface area (Å²) in [5.41, 5.74) is 4.32. The average molecular weight is 725 g/mol. The van der Waals surface area contributed by atoms with E-state index >= 15 is 0 Å². The summed E-state index contributed by atoms with van der Waals surface area (Å²) in [5.74, 6) is -2.63. The van der Waals surface area contributed by atoms with Gasteiger partial charge in [0.15, 0.2) is 29.8 Å². The summed E-state index contributed by atoms with van der Waals surface area (Å²) in [6.07, 6.45) is -6.58. The third kappa shape index (κ3) is 5.67. The van der Waals surface area contributed by atoms with E-state index in [1.165, 1.54) is 14.0 Å². The highest BCUT2D eigenvalue weighted by atomic mass is 32.2. The van der Waals surface area contributed by atoms with E-state index in [1.807, 2.05) is 6.92 Å². The predicted octanol–water partition coefficient (Wildman–Crippen LogP) is 3.75. The number of halogens is 3. The number of fused-ring (bicyclic) bond motifs is 9. The maximum atomic E-state index is 13.3. The average Bonchev–Trinajstić information content (AvgIpc) is 3.55. The van der Waals surface area contributed by atoms with Crippen LogP contribution in [-0.4, -0.2) is 93.9 Å². The SMILES string of the molecule is COCOc1c(OC)c(C)cc2c1[C@H]1N[C@@H](C2)CN2C1[C@@H]1SC[C@H](OC(=O)C(F)(F)F)C(=O)OC[C@H]2c2c3c(c(C)c(OC(C)=O)c21)OCO3. The van der Waals surface area contributed by atoms with E-state index in [2.05, 4.69) is 16.3 Å². The first kappa shape index (κ1) is 34.5. The minimum absolute atomic E-state index is 0.0655. The van der Waals surface area contributed by atoms with Crippen LogP contribution < -0.4 is 29.0 Å². The molecule has 1 unspecified atom stereocenters. The number of piperazine rings is 1. The van der Waals surface area contributed by atoms with Gasteiger partial charge in [-0.15, -0.1) is 11.8 Å². The maximum absolute atomic E-state index is 13.3. The Morgan fingerprint density at radius 3 is 2.52 bits per heavy atom. The summed E-state index contributed by atoms with van der Waals surface area (Å²) < 4.78 is 85.4. The van der Waals surface area contributed by atoms with Crippen LogP contribution >= 0.6 is 11.8 Å². The molecule has 2 saturated heterocycles. The second-order valence-electron chi connectivity index (χ2n) is 12.6. The molecule has 5 aliphatic rings. The first-order chi connectivity index (χ1) is 23.8. The van der Waals surface area contributed by atoms with E-state index in [0.717, 1.165) is 28.5 Å². The number of carbonyl (C=O) groups is 3. The van der Waals surface area contributed by atoms with Gasteiger partial charge in [-0.1, -0.05) is 6.07 Å². The third-order valence-corrected chi connectivity index (χ3v) is 11.0. The third-order valence-electron chi connectivity index (χ3n) is 9.62. The molecule has 13 nitrogen and oxygen atoms in total. The quantitative estimate of drug-likeness (QED) is 0.263. The van der Waals surface area contributed by atoms with Crippen LogP contribution in [0.3, 0.4) is 0 Å². The summed E-state index contributed by atoms with van der Waals surface area (Å²) in [7, 11) is 3.05. The van der Waals surface area contributed by atoms with Crippen molar-refractivity contribution in [3.05, 3.63) is 39.4 Å². The molecule has 2 aromatic carbocycles. The number of methoxy groups -OCH3 is 2. The Morgan fingerprint density at radius 2 is 1.82 bits per heavy atom. The van der Waals surface area contributed by atoms with Gasteiger partial charge in [0.2, 0.25) is 12.9 Å². The molecule has 270 valence electrons. The zero-order valence-electron chi connectivity index (χ0n) is 27.8. The van der Waals surface area contributed by atoms with E-state index in [4.69, 9.17) is 37.9 Å². The second-order valence-corrected chi connectivity index (χ2v) is 13.8. The lowest BCUT2D eigenvalue weighted by molar-refractivity contribution is -0.207. The predicted molar refractivity (Wildman–Crippen MR) is 168 cm³/mol. The van der Waals surface area contributed by atoms with Gasteiger partial charge in [-0.25, -0.2) is 9.59 Å². The van der Waals surface area contributed by atoms with E-state index in [9.17, 15) is 27.6 Å². The van der Waals surface area contributed by atoms with E-state index < -0.39 is 59.3 Å². The van der Waals surface area contributed by atoms with Gasteiger partial charge in [0, 0.05) is 60.7 Å². The van der Waals surface area contributed by atoms with Crippen molar-refractivity contribution in [2.24, 2.45) is 0 Å². The summed E-state index contributed by atoms with van der Waals surface area (Å²) in [5, 5.41) is 3.06. The highest BCUT2D eigenvalue weighted by Crippen LogP contribution is 2.62. The number of hydrogen-bond acceptors (Lipinski definition) is 14. The number of thioether (sulfide) groups is 1. The van der Waals surface area contributed by atoms with Crippen molar-refractivity contribution < 1.29 is 65.4 Å². The number of nitrogens with one attached hydrogen (secondary N) is 1. The van der Waals surface area contributed by atoms with Gasteiger partial charge < -0.3 is 43.2 Å². The minimum atomic E-state index is -5.33. The summed E-state index contributed by atoms with van der Waals surface area (Å²) in [4.78, 5) is 40.0. The molecular formula is C33H35F3N2O11S. The lowest BCUT2D eigenvalue weighted by Gasteiger charge is -2.57. The number of hydrogen-bond donors (Lipinski definition) is 1. The zero-order valence-corrected chi connectivity index (χ0v) is 28.6. The van der Waals surface area contributed by atoms with Crippen LogP contribution in [0.1, 0.15) is 57.6 Å². The fourth-order valence-electron chi connectivity index (χ4n) is 7.86. The molecule has 0 spiro atoms. The highest BCUT2D eigenvalue weighted by Gasteiger charge is 2.56. The lowest BCUT2D eigenvalue weighted by Crippen LogP contribution is -2.65. The van der Waals surface area contributed by atoms with Crippen molar-refractivity contribution >= 4 is 29.7 Å². The fourth-order valence-corrected chi connectivity index (χ4v) is 9.36. The van der Waals surface area contributed by atoms with Gasteiger partial charge in [0.25, 0.3) is 0 Å². The highest BCUT2D eigenvalue weighted by molar-refractivity contribution is 7.99. The molecule has 0 aromatic heterocycles. The summed E-state index contributed by atoms with van der Waals surface area (Å²) in [6.45, 7) is 4.89. The number of nitrogens with zero attached hydrogens (tertiary/aromatic N) is 1. The number of benzene rings is 2. The zero-order chi connectivity index (χ0) is 35.6. The molecule has 0 aliphatic carbocycles. The molecule has 4 bridgehead atoms. The summed E-state index contributed by atoms with van der Waals surface area (Å²) >= 11 is 1.09. The van der Waals surface area contributed by atoms with E-state index in [-0.39, 0.29) is 32.0 Å². The van der Waals surface area contributed by atoms with Gasteiger partial charge >= 0.3 is 24.1 Å². The number of cyclic esters (lactones) is 1. The van der Waals surface area contributed by atoms with Crippen molar-refractivity contribution in [3.8, 4) is 28.7 Å². The van der Waals surface area contributed by atoms with Gasteiger partial charge in [-0.05, 0) is 31.4 Å². The molecule has 7 rings (SSSR count). The van der Waals surface area contributed by atoms with Crippen molar-refractivity contribution in [1.82, 2.24) is 10.2 Å². The number of aryl methyl sites for hydroxylation is 1. The Morgan fingerprint density at radius 1 is 1.06 bits per heavy atom. The Bertz CT molecular complexity index is 1750. The first-order valence-corrected chi connectivity index (χ1v) is 16.9. The second kappa shape index (κ2) is 13.0. The minimum Gasteiger partial charge on any atom is -0.493 e. The van der Waals surface area contributed by atoms with Crippen LogP contribution in [0.5, 0.6) is 28.7 Å². The van der Waals surface area contributed by atoms with E-state index in [0.29, 0.717) is 52.7 Å². The first-order valence-electron chi connectivity index (χ1n) is 15.9. The van der Waals surface area contributed by atoms with Gasteiger partial charge in [-0.3, -0.25) is 9.69 Å². The van der Waals surface area contributed by atoms with Gasteiger partial charge in [0.05, 0.1) is 24.4 Å². The number of rotatable bonds is 6. The van der Waals surface area contributed by atoms with Crippen LogP contribution in [0.15, 0.2) is 6.07 Å². The molecule has 0 saturated carbocycles. The fraction of sp³-hybridized carbons (Fsp3) is 0.545. The molecule has 17 heteroatoms. The molecule has 50 heavy (non-hydrogen) atoms. The normalized spacial score (nSPS) is 26.6. The van der Waals surface area contributed by atoms with Crippen LogP contribution in [0.2, 0.25) is 0 Å². The van der Waals surface area contributed by atoms with Crippen molar-refractivity contribution in [2.75, 3.05) is 46.7 Å².